The molecule has 0 N–H and O–H groups in total. The molecular formula is C19H17N5O5S3. The number of thioether (sulfide) groups is 1. The molecule has 0 saturated carbocycles. The van der Waals surface area contributed by atoms with E-state index >= 15 is 0 Å². The van der Waals surface area contributed by atoms with Gasteiger partial charge in [-0.15, -0.1) is 10.2 Å². The number of benzene rings is 1. The van der Waals surface area contributed by atoms with Crippen LogP contribution < -0.4 is 0 Å². The summed E-state index contributed by atoms with van der Waals surface area (Å²) in [4.78, 5) is 4.53. The molecule has 10 nitrogen and oxygen atoms in total. The van der Waals surface area contributed by atoms with E-state index in [0.29, 0.717) is 54.6 Å². The molecule has 0 spiro atoms. The van der Waals surface area contributed by atoms with Gasteiger partial charge in [0, 0.05) is 29.6 Å². The molecule has 3 aromatic heterocycles. The zero-order chi connectivity index (χ0) is 22.0. The van der Waals surface area contributed by atoms with E-state index < -0.39 is 10.0 Å². The van der Waals surface area contributed by atoms with E-state index in [-0.39, 0.29) is 10.8 Å². The lowest BCUT2D eigenvalue weighted by atomic mass is 10.2. The predicted molar refractivity (Wildman–Crippen MR) is 116 cm³/mol. The van der Waals surface area contributed by atoms with E-state index in [0.717, 1.165) is 5.56 Å². The van der Waals surface area contributed by atoms with Crippen LogP contribution in [0.4, 0.5) is 0 Å². The fourth-order valence-corrected chi connectivity index (χ4v) is 5.75. The van der Waals surface area contributed by atoms with Crippen molar-refractivity contribution in [3.8, 4) is 22.8 Å². The maximum absolute atomic E-state index is 12.9. The van der Waals surface area contributed by atoms with Crippen molar-refractivity contribution < 1.29 is 22.1 Å². The van der Waals surface area contributed by atoms with Crippen LogP contribution in [0.5, 0.6) is 0 Å². The second-order valence-electron chi connectivity index (χ2n) is 6.73. The molecule has 1 saturated heterocycles. The van der Waals surface area contributed by atoms with Crippen LogP contribution in [0.25, 0.3) is 22.8 Å². The van der Waals surface area contributed by atoms with E-state index in [1.54, 1.807) is 29.5 Å². The van der Waals surface area contributed by atoms with Crippen LogP contribution in [0.2, 0.25) is 0 Å². The van der Waals surface area contributed by atoms with Gasteiger partial charge in [0.05, 0.1) is 23.9 Å². The van der Waals surface area contributed by atoms with Crippen molar-refractivity contribution in [2.24, 2.45) is 0 Å². The van der Waals surface area contributed by atoms with Gasteiger partial charge in [0.1, 0.15) is 0 Å². The summed E-state index contributed by atoms with van der Waals surface area (Å²) < 4.78 is 43.4. The van der Waals surface area contributed by atoms with Crippen molar-refractivity contribution in [2.45, 2.75) is 15.9 Å². The Kier molecular flexibility index (Phi) is 6.06. The Bertz CT molecular complexity index is 1300. The normalized spacial score (nSPS) is 15.2. The average Bonchev–Trinajstić information content (AvgIpc) is 3.60. The maximum atomic E-state index is 12.9. The molecule has 4 aromatic rings. The Balaban J connectivity index is 1.28. The van der Waals surface area contributed by atoms with Crippen LogP contribution >= 0.6 is 23.1 Å². The van der Waals surface area contributed by atoms with Crippen LogP contribution in [0, 0.1) is 0 Å². The topological polar surface area (TPSA) is 124 Å². The number of hydrogen-bond acceptors (Lipinski definition) is 11. The molecule has 13 heteroatoms. The highest BCUT2D eigenvalue weighted by atomic mass is 32.2. The minimum absolute atomic E-state index is 0.177. The third-order valence-electron chi connectivity index (χ3n) is 4.66. The maximum Gasteiger partial charge on any atom is 0.277 e. The summed E-state index contributed by atoms with van der Waals surface area (Å²) in [5.41, 5.74) is 1.43. The molecule has 4 heterocycles. The van der Waals surface area contributed by atoms with Gasteiger partial charge in [-0.3, -0.25) is 0 Å². The van der Waals surface area contributed by atoms with Crippen molar-refractivity contribution in [3.63, 3.8) is 0 Å². The quantitative estimate of drug-likeness (QED) is 0.356. The first kappa shape index (κ1) is 21.3. The van der Waals surface area contributed by atoms with Gasteiger partial charge in [-0.1, -0.05) is 23.0 Å². The van der Waals surface area contributed by atoms with Gasteiger partial charge in [-0.2, -0.15) is 20.6 Å². The highest BCUT2D eigenvalue weighted by Crippen LogP contribution is 2.28. The van der Waals surface area contributed by atoms with Crippen LogP contribution in [0.3, 0.4) is 0 Å². The van der Waals surface area contributed by atoms with E-state index in [9.17, 15) is 8.42 Å². The molecule has 32 heavy (non-hydrogen) atoms. The molecule has 0 amide bonds. The molecule has 0 aliphatic carbocycles. The largest absolute Gasteiger partial charge is 0.411 e. The predicted octanol–water partition coefficient (Wildman–Crippen LogP) is 3.16. The summed E-state index contributed by atoms with van der Waals surface area (Å²) in [7, 11) is -3.62. The molecule has 166 valence electrons. The Hall–Kier alpha value is -2.58. The lowest BCUT2D eigenvalue weighted by Crippen LogP contribution is -2.40. The van der Waals surface area contributed by atoms with E-state index in [1.807, 2.05) is 16.8 Å². The molecule has 5 rings (SSSR count). The smallest absolute Gasteiger partial charge is 0.277 e. The second kappa shape index (κ2) is 9.11. The van der Waals surface area contributed by atoms with E-state index in [4.69, 9.17) is 13.7 Å². The van der Waals surface area contributed by atoms with Crippen LogP contribution in [0.15, 0.2) is 60.2 Å². The summed E-state index contributed by atoms with van der Waals surface area (Å²) in [6.45, 7) is 1.44. The van der Waals surface area contributed by atoms with Gasteiger partial charge in [0.2, 0.25) is 27.6 Å². The minimum atomic E-state index is -3.62. The molecule has 0 bridgehead atoms. The molecular weight excluding hydrogens is 474 g/mol. The van der Waals surface area contributed by atoms with Gasteiger partial charge in [-0.25, -0.2) is 8.42 Å². The lowest BCUT2D eigenvalue weighted by molar-refractivity contribution is 0.0730. The van der Waals surface area contributed by atoms with Crippen LogP contribution in [-0.4, -0.2) is 59.4 Å². The molecule has 1 aromatic carbocycles. The number of ether oxygens (including phenoxy) is 1. The summed E-state index contributed by atoms with van der Waals surface area (Å²) in [6.07, 6.45) is 0. The molecule has 1 fully saturated rings. The first-order valence-electron chi connectivity index (χ1n) is 9.59. The van der Waals surface area contributed by atoms with Crippen LogP contribution in [-0.2, 0) is 20.5 Å². The zero-order valence-electron chi connectivity index (χ0n) is 16.6. The van der Waals surface area contributed by atoms with Crippen molar-refractivity contribution in [1.29, 1.82) is 0 Å². The Morgan fingerprint density at radius 3 is 2.81 bits per heavy atom. The highest BCUT2D eigenvalue weighted by Gasteiger charge is 2.27. The van der Waals surface area contributed by atoms with Gasteiger partial charge in [0.15, 0.2) is 0 Å². The molecule has 0 atom stereocenters. The van der Waals surface area contributed by atoms with Crippen molar-refractivity contribution >= 4 is 33.1 Å². The van der Waals surface area contributed by atoms with Gasteiger partial charge in [-0.05, 0) is 29.6 Å². The SMILES string of the molecule is O=S(=O)(c1cccc(-c2nnc(SCc3nc(-c4ccsc4)no3)o2)c1)N1CCOCC1. The van der Waals surface area contributed by atoms with Crippen molar-refractivity contribution in [1.82, 2.24) is 24.6 Å². The monoisotopic (exact) mass is 491 g/mol. The van der Waals surface area contributed by atoms with Crippen LogP contribution in [0.1, 0.15) is 5.89 Å². The van der Waals surface area contributed by atoms with Gasteiger partial charge in [0.25, 0.3) is 5.22 Å². The third-order valence-corrected chi connectivity index (χ3v) is 8.04. The molecule has 0 unspecified atom stereocenters. The molecule has 1 aliphatic heterocycles. The Morgan fingerprint density at radius 2 is 2.00 bits per heavy atom. The summed E-state index contributed by atoms with van der Waals surface area (Å²) in [5.74, 6) is 1.57. The number of sulfonamides is 1. The second-order valence-corrected chi connectivity index (χ2v) is 10.4. The third kappa shape index (κ3) is 4.47. The fourth-order valence-electron chi connectivity index (χ4n) is 3.06. The molecule has 1 aliphatic rings. The summed E-state index contributed by atoms with van der Waals surface area (Å²) >= 11 is 2.82. The minimum Gasteiger partial charge on any atom is -0.411 e. The summed E-state index contributed by atoms with van der Waals surface area (Å²) in [6, 6.07) is 8.40. The van der Waals surface area contributed by atoms with E-state index in [1.165, 1.54) is 22.1 Å². The number of aromatic nitrogens is 4. The van der Waals surface area contributed by atoms with Crippen molar-refractivity contribution in [2.75, 3.05) is 26.3 Å². The highest BCUT2D eigenvalue weighted by molar-refractivity contribution is 7.98. The lowest BCUT2D eigenvalue weighted by Gasteiger charge is -2.26. The number of rotatable bonds is 7. The Morgan fingerprint density at radius 1 is 1.12 bits per heavy atom. The standard InChI is InChI=1S/C19H17N5O5S3/c25-32(26,24-5-7-27-8-6-24)15-3-1-2-13(10-15)18-21-22-19(28-18)31-12-16-20-17(23-29-16)14-4-9-30-11-14/h1-4,9-11H,5-8,12H2. The number of nitrogens with zero attached hydrogens (tertiary/aromatic N) is 5. The fraction of sp³-hybridized carbons (Fsp3) is 0.263. The first-order valence-corrected chi connectivity index (χ1v) is 13.0. The molecule has 0 radical (unpaired) electrons. The Labute approximate surface area is 191 Å². The number of morpholine rings is 1. The van der Waals surface area contributed by atoms with Gasteiger partial charge < -0.3 is 13.7 Å². The van der Waals surface area contributed by atoms with E-state index in [2.05, 4.69) is 20.3 Å². The number of hydrogen-bond donors (Lipinski definition) is 0. The zero-order valence-corrected chi connectivity index (χ0v) is 19.0. The number of thiophene rings is 1. The summed E-state index contributed by atoms with van der Waals surface area (Å²) in [5, 5.41) is 16.2. The first-order chi connectivity index (χ1) is 15.6. The van der Waals surface area contributed by atoms with Crippen molar-refractivity contribution in [3.05, 3.63) is 47.0 Å². The average molecular weight is 492 g/mol. The van der Waals surface area contributed by atoms with Gasteiger partial charge >= 0.3 is 0 Å².